The molecule has 1 aliphatic rings. The summed E-state index contributed by atoms with van der Waals surface area (Å²) in [5.41, 5.74) is 2.09. The number of nitriles is 1. The van der Waals surface area contributed by atoms with E-state index in [4.69, 9.17) is 5.26 Å². The third-order valence-electron chi connectivity index (χ3n) is 2.27. The molecule has 0 aromatic heterocycles. The van der Waals surface area contributed by atoms with E-state index in [1.165, 1.54) is 0 Å². The molecule has 0 bridgehead atoms. The van der Waals surface area contributed by atoms with Crippen LogP contribution in [0.15, 0.2) is 24.3 Å². The summed E-state index contributed by atoms with van der Waals surface area (Å²) in [4.78, 5) is 11.3. The number of para-hydroxylation sites is 1. The number of fused-ring (bicyclic) bond motifs is 1. The largest absolute Gasteiger partial charge is 0.373 e. The number of hydrogen-bond acceptors (Lipinski definition) is 3. The zero-order valence-corrected chi connectivity index (χ0v) is 7.45. The van der Waals surface area contributed by atoms with Crippen molar-refractivity contribution in [3.05, 3.63) is 29.8 Å². The predicted molar refractivity (Wildman–Crippen MR) is 51.3 cm³/mol. The number of anilines is 1. The molecule has 1 aromatic carbocycles. The van der Waals surface area contributed by atoms with Crippen LogP contribution in [0.5, 0.6) is 0 Å². The first kappa shape index (κ1) is 8.57. The smallest absolute Gasteiger partial charge is 0.255 e. The quantitative estimate of drug-likeness (QED) is 0.500. The molecule has 0 radical (unpaired) electrons. The van der Waals surface area contributed by atoms with Gasteiger partial charge in [0.25, 0.3) is 5.91 Å². The molecule has 1 aromatic rings. The minimum atomic E-state index is -0.313. The Kier molecular flexibility index (Phi) is 2.07. The molecule has 4 heteroatoms. The minimum Gasteiger partial charge on any atom is -0.373 e. The number of nitrogens with zero attached hydrogens (tertiary/aromatic N) is 1. The Balaban J connectivity index is 2.12. The number of carbonyl (C=O) groups excluding carboxylic acids is 1. The first-order valence-electron chi connectivity index (χ1n) is 4.34. The Morgan fingerprint density at radius 3 is 3.07 bits per heavy atom. The van der Waals surface area contributed by atoms with Gasteiger partial charge in [-0.05, 0) is 11.6 Å². The highest BCUT2D eigenvalue weighted by Gasteiger charge is 2.25. The SMILES string of the molecule is N#CNC(=O)[C@@H]1Cc2ccccc2N1. The molecule has 0 spiro atoms. The van der Waals surface area contributed by atoms with Crippen LogP contribution < -0.4 is 10.6 Å². The molecular formula is C10H9N3O. The van der Waals surface area contributed by atoms with E-state index in [1.807, 2.05) is 24.3 Å². The van der Waals surface area contributed by atoms with E-state index < -0.39 is 0 Å². The van der Waals surface area contributed by atoms with Gasteiger partial charge >= 0.3 is 0 Å². The second-order valence-corrected chi connectivity index (χ2v) is 3.16. The van der Waals surface area contributed by atoms with Crippen LogP contribution in [0.1, 0.15) is 5.56 Å². The normalized spacial score (nSPS) is 17.8. The van der Waals surface area contributed by atoms with Gasteiger partial charge < -0.3 is 5.32 Å². The van der Waals surface area contributed by atoms with Gasteiger partial charge in [0, 0.05) is 12.1 Å². The Morgan fingerprint density at radius 1 is 1.57 bits per heavy atom. The van der Waals surface area contributed by atoms with Crippen molar-refractivity contribution in [3.63, 3.8) is 0 Å². The van der Waals surface area contributed by atoms with Gasteiger partial charge in [0.2, 0.25) is 0 Å². The van der Waals surface area contributed by atoms with Gasteiger partial charge in [0.05, 0.1) is 0 Å². The zero-order chi connectivity index (χ0) is 9.97. The van der Waals surface area contributed by atoms with E-state index in [-0.39, 0.29) is 11.9 Å². The van der Waals surface area contributed by atoms with Crippen molar-refractivity contribution in [2.45, 2.75) is 12.5 Å². The summed E-state index contributed by atoms with van der Waals surface area (Å²) in [5.74, 6) is -0.274. The second kappa shape index (κ2) is 3.38. The summed E-state index contributed by atoms with van der Waals surface area (Å²) in [5, 5.41) is 13.5. The van der Waals surface area contributed by atoms with Crippen molar-refractivity contribution < 1.29 is 4.79 Å². The van der Waals surface area contributed by atoms with Crippen LogP contribution in [0.3, 0.4) is 0 Å². The number of hydrogen-bond donors (Lipinski definition) is 2. The molecule has 70 valence electrons. The lowest BCUT2D eigenvalue weighted by Crippen LogP contribution is -2.35. The second-order valence-electron chi connectivity index (χ2n) is 3.16. The minimum absolute atomic E-state index is 0.274. The van der Waals surface area contributed by atoms with Gasteiger partial charge in [-0.2, -0.15) is 5.26 Å². The van der Waals surface area contributed by atoms with E-state index in [0.717, 1.165) is 11.3 Å². The lowest BCUT2D eigenvalue weighted by atomic mass is 10.1. The molecule has 0 aliphatic carbocycles. The summed E-state index contributed by atoms with van der Waals surface area (Å²) in [7, 11) is 0. The Morgan fingerprint density at radius 2 is 2.36 bits per heavy atom. The molecule has 4 nitrogen and oxygen atoms in total. The summed E-state index contributed by atoms with van der Waals surface area (Å²) in [6.45, 7) is 0. The molecule has 14 heavy (non-hydrogen) atoms. The number of amides is 1. The van der Waals surface area contributed by atoms with Crippen LogP contribution in [-0.4, -0.2) is 11.9 Å². The highest BCUT2D eigenvalue weighted by atomic mass is 16.2. The lowest BCUT2D eigenvalue weighted by Gasteiger charge is -2.06. The predicted octanol–water partition coefficient (Wildman–Crippen LogP) is 0.620. The average molecular weight is 187 g/mol. The van der Waals surface area contributed by atoms with Gasteiger partial charge in [-0.3, -0.25) is 10.1 Å². The van der Waals surface area contributed by atoms with E-state index in [0.29, 0.717) is 6.42 Å². The Bertz CT molecular complexity index is 383. The standard InChI is InChI=1S/C10H9N3O/c11-6-12-10(14)9-5-7-3-1-2-4-8(7)13-9/h1-4,9,13H,5H2,(H,12,14)/t9-/m0/s1. The van der Waals surface area contributed by atoms with Crippen molar-refractivity contribution in [1.29, 1.82) is 5.26 Å². The highest BCUT2D eigenvalue weighted by Crippen LogP contribution is 2.24. The molecule has 0 fully saturated rings. The Hall–Kier alpha value is -2.02. The van der Waals surface area contributed by atoms with E-state index in [1.54, 1.807) is 6.19 Å². The van der Waals surface area contributed by atoms with Gasteiger partial charge in [-0.15, -0.1) is 0 Å². The maximum atomic E-state index is 11.3. The zero-order valence-electron chi connectivity index (χ0n) is 7.45. The van der Waals surface area contributed by atoms with Crippen LogP contribution in [0, 0.1) is 11.5 Å². The fourth-order valence-corrected chi connectivity index (χ4v) is 1.60. The summed E-state index contributed by atoms with van der Waals surface area (Å²) < 4.78 is 0. The van der Waals surface area contributed by atoms with Crippen molar-refractivity contribution in [3.8, 4) is 6.19 Å². The molecule has 1 heterocycles. The number of nitrogens with one attached hydrogen (secondary N) is 2. The number of rotatable bonds is 1. The van der Waals surface area contributed by atoms with E-state index >= 15 is 0 Å². The fraction of sp³-hybridized carbons (Fsp3) is 0.200. The van der Waals surface area contributed by atoms with Gasteiger partial charge in [-0.25, -0.2) is 0 Å². The summed E-state index contributed by atoms with van der Waals surface area (Å²) in [6.07, 6.45) is 2.27. The van der Waals surface area contributed by atoms with E-state index in [2.05, 4.69) is 10.6 Å². The van der Waals surface area contributed by atoms with Crippen molar-refractivity contribution >= 4 is 11.6 Å². The molecule has 2 rings (SSSR count). The monoisotopic (exact) mass is 187 g/mol. The lowest BCUT2D eigenvalue weighted by molar-refractivity contribution is -0.120. The van der Waals surface area contributed by atoms with Gasteiger partial charge in [-0.1, -0.05) is 18.2 Å². The van der Waals surface area contributed by atoms with Crippen LogP contribution >= 0.6 is 0 Å². The third kappa shape index (κ3) is 1.40. The molecule has 2 N–H and O–H groups in total. The maximum absolute atomic E-state index is 11.3. The first-order valence-corrected chi connectivity index (χ1v) is 4.34. The summed E-state index contributed by atoms with van der Waals surface area (Å²) >= 11 is 0. The number of benzene rings is 1. The summed E-state index contributed by atoms with van der Waals surface area (Å²) in [6, 6.07) is 7.44. The van der Waals surface area contributed by atoms with Crippen LogP contribution in [0.25, 0.3) is 0 Å². The Labute approximate surface area is 81.5 Å². The fourth-order valence-electron chi connectivity index (χ4n) is 1.60. The molecule has 1 aliphatic heterocycles. The third-order valence-corrected chi connectivity index (χ3v) is 2.27. The molecule has 1 amide bonds. The highest BCUT2D eigenvalue weighted by molar-refractivity contribution is 5.88. The topological polar surface area (TPSA) is 64.9 Å². The molecule has 0 unspecified atom stereocenters. The van der Waals surface area contributed by atoms with Gasteiger partial charge in [0.15, 0.2) is 6.19 Å². The van der Waals surface area contributed by atoms with Gasteiger partial charge in [0.1, 0.15) is 6.04 Å². The van der Waals surface area contributed by atoms with Crippen molar-refractivity contribution in [2.24, 2.45) is 0 Å². The average Bonchev–Trinajstić information content (AvgIpc) is 2.61. The molecule has 0 saturated carbocycles. The first-order chi connectivity index (χ1) is 6.81. The number of carbonyl (C=O) groups is 1. The van der Waals surface area contributed by atoms with E-state index in [9.17, 15) is 4.79 Å². The van der Waals surface area contributed by atoms with Crippen molar-refractivity contribution in [1.82, 2.24) is 5.32 Å². The molecular weight excluding hydrogens is 178 g/mol. The van der Waals surface area contributed by atoms with Crippen LogP contribution in [0.4, 0.5) is 5.69 Å². The molecule has 0 saturated heterocycles. The van der Waals surface area contributed by atoms with Crippen molar-refractivity contribution in [2.75, 3.05) is 5.32 Å². The molecule has 1 atom stereocenters. The maximum Gasteiger partial charge on any atom is 0.255 e. The van der Waals surface area contributed by atoms with Crippen LogP contribution in [-0.2, 0) is 11.2 Å². The van der Waals surface area contributed by atoms with Crippen LogP contribution in [0.2, 0.25) is 0 Å².